The number of carbonyl (C=O) groups excluding carboxylic acids is 2. The van der Waals surface area contributed by atoms with Gasteiger partial charge in [0.15, 0.2) is 5.78 Å². The van der Waals surface area contributed by atoms with Gasteiger partial charge in [0.1, 0.15) is 0 Å². The van der Waals surface area contributed by atoms with Crippen LogP contribution in [0.3, 0.4) is 0 Å². The van der Waals surface area contributed by atoms with Crippen LogP contribution in [0.1, 0.15) is 52.4 Å². The van der Waals surface area contributed by atoms with Crippen LogP contribution in [-0.2, 0) is 17.6 Å². The lowest BCUT2D eigenvalue weighted by Gasteiger charge is -2.30. The number of likely N-dealkylation sites (tertiary alicyclic amines) is 1. The van der Waals surface area contributed by atoms with E-state index in [2.05, 4.69) is 4.90 Å². The van der Waals surface area contributed by atoms with E-state index in [-0.39, 0.29) is 24.2 Å². The van der Waals surface area contributed by atoms with Gasteiger partial charge in [-0.15, -0.1) is 0 Å². The van der Waals surface area contributed by atoms with Gasteiger partial charge in [-0.1, -0.05) is 48.5 Å². The number of hydroxylamine groups is 2. The van der Waals surface area contributed by atoms with Gasteiger partial charge in [-0.2, -0.15) is 0 Å². The second-order valence-electron chi connectivity index (χ2n) is 8.31. The normalized spacial score (nSPS) is 20.1. The van der Waals surface area contributed by atoms with Gasteiger partial charge in [0.05, 0.1) is 18.6 Å². The zero-order chi connectivity index (χ0) is 21.1. The number of amides is 1. The Kier molecular flexibility index (Phi) is 6.27. The summed E-state index contributed by atoms with van der Waals surface area (Å²) in [5, 5.41) is 21.5. The van der Waals surface area contributed by atoms with Gasteiger partial charge in [-0.05, 0) is 36.0 Å². The predicted molar refractivity (Wildman–Crippen MR) is 112 cm³/mol. The highest BCUT2D eigenvalue weighted by atomic mass is 16.5. The molecular formula is C24H28N2O4. The van der Waals surface area contributed by atoms with Crippen LogP contribution in [0.25, 0.3) is 0 Å². The highest BCUT2D eigenvalue weighted by molar-refractivity contribution is 5.98. The van der Waals surface area contributed by atoms with Crippen molar-refractivity contribution in [2.24, 2.45) is 0 Å². The minimum atomic E-state index is -0.511. The molecular weight excluding hydrogens is 380 g/mol. The zero-order valence-electron chi connectivity index (χ0n) is 17.0. The summed E-state index contributed by atoms with van der Waals surface area (Å²) in [5.74, 6) is -0.222. The van der Waals surface area contributed by atoms with Crippen molar-refractivity contribution < 1.29 is 19.9 Å². The standard InChI is InChI=1S/C24H28N2O4/c27-20-11-12-25(15-20)16-22(18-5-2-1-3-6-18)26(30)24(29)14-17-9-10-21-19(13-17)7-4-8-23(21)28/h1-3,5-6,9-10,13,20,22,27,30H,4,7-8,11-12,14-16H2/t20-,22+/m0/s1. The Morgan fingerprint density at radius 2 is 1.97 bits per heavy atom. The smallest absolute Gasteiger partial charge is 0.250 e. The van der Waals surface area contributed by atoms with E-state index in [1.807, 2.05) is 42.5 Å². The average molecular weight is 408 g/mol. The lowest BCUT2D eigenvalue weighted by atomic mass is 9.89. The summed E-state index contributed by atoms with van der Waals surface area (Å²) < 4.78 is 0. The number of aliphatic hydroxyl groups is 1. The Balaban J connectivity index is 1.50. The molecule has 0 bridgehead atoms. The fourth-order valence-electron chi connectivity index (χ4n) is 4.46. The predicted octanol–water partition coefficient (Wildman–Crippen LogP) is 2.77. The van der Waals surface area contributed by atoms with Crippen LogP contribution in [0.5, 0.6) is 0 Å². The van der Waals surface area contributed by atoms with Crippen molar-refractivity contribution in [2.75, 3.05) is 19.6 Å². The fraction of sp³-hybridized carbons (Fsp3) is 0.417. The Morgan fingerprint density at radius 1 is 1.17 bits per heavy atom. The van der Waals surface area contributed by atoms with Crippen molar-refractivity contribution in [2.45, 2.75) is 44.2 Å². The number of hydrogen-bond donors (Lipinski definition) is 2. The molecule has 1 amide bonds. The lowest BCUT2D eigenvalue weighted by molar-refractivity contribution is -0.177. The van der Waals surface area contributed by atoms with E-state index in [1.165, 1.54) is 0 Å². The molecule has 1 saturated heterocycles. The molecule has 2 atom stereocenters. The number of benzene rings is 2. The van der Waals surface area contributed by atoms with Crippen LogP contribution >= 0.6 is 0 Å². The summed E-state index contributed by atoms with van der Waals surface area (Å²) in [4.78, 5) is 27.0. The second kappa shape index (κ2) is 9.08. The van der Waals surface area contributed by atoms with Gasteiger partial charge in [0.2, 0.25) is 0 Å². The van der Waals surface area contributed by atoms with Crippen LogP contribution in [0, 0.1) is 0 Å². The molecule has 30 heavy (non-hydrogen) atoms. The molecule has 1 heterocycles. The zero-order valence-corrected chi connectivity index (χ0v) is 17.0. The number of ketones is 1. The summed E-state index contributed by atoms with van der Waals surface area (Å²) in [7, 11) is 0. The number of carbonyl (C=O) groups is 2. The Labute approximate surface area is 176 Å². The van der Waals surface area contributed by atoms with Gasteiger partial charge >= 0.3 is 0 Å². The second-order valence-corrected chi connectivity index (χ2v) is 8.31. The summed E-state index contributed by atoms with van der Waals surface area (Å²) in [6.07, 6.45) is 2.68. The molecule has 158 valence electrons. The first kappa shape index (κ1) is 20.7. The fourth-order valence-corrected chi connectivity index (χ4v) is 4.46. The highest BCUT2D eigenvalue weighted by Gasteiger charge is 2.29. The molecule has 0 aromatic heterocycles. The molecule has 2 N–H and O–H groups in total. The van der Waals surface area contributed by atoms with Crippen LogP contribution in [0.4, 0.5) is 0 Å². The van der Waals surface area contributed by atoms with Crippen molar-refractivity contribution in [1.29, 1.82) is 0 Å². The lowest BCUT2D eigenvalue weighted by Crippen LogP contribution is -2.40. The molecule has 1 aliphatic carbocycles. The minimum absolute atomic E-state index is 0.0733. The van der Waals surface area contributed by atoms with Crippen LogP contribution in [-0.4, -0.2) is 57.7 Å². The number of rotatable bonds is 6. The molecule has 0 radical (unpaired) electrons. The maximum atomic E-state index is 12.9. The third-order valence-electron chi connectivity index (χ3n) is 6.09. The monoisotopic (exact) mass is 408 g/mol. The number of fused-ring (bicyclic) bond motifs is 1. The van der Waals surface area contributed by atoms with Crippen molar-refractivity contribution in [3.63, 3.8) is 0 Å². The minimum Gasteiger partial charge on any atom is -0.392 e. The molecule has 2 aromatic carbocycles. The van der Waals surface area contributed by atoms with Crippen molar-refractivity contribution in [3.05, 3.63) is 70.8 Å². The molecule has 6 nitrogen and oxygen atoms in total. The van der Waals surface area contributed by atoms with Crippen LogP contribution in [0.15, 0.2) is 48.5 Å². The van der Waals surface area contributed by atoms with E-state index in [9.17, 15) is 19.9 Å². The van der Waals surface area contributed by atoms with Gasteiger partial charge in [0.25, 0.3) is 5.91 Å². The Bertz CT molecular complexity index is 915. The van der Waals surface area contributed by atoms with Crippen molar-refractivity contribution in [3.8, 4) is 0 Å². The third-order valence-corrected chi connectivity index (χ3v) is 6.09. The molecule has 0 saturated carbocycles. The average Bonchev–Trinajstić information content (AvgIpc) is 3.17. The van der Waals surface area contributed by atoms with E-state index < -0.39 is 6.04 Å². The largest absolute Gasteiger partial charge is 0.392 e. The molecule has 1 aliphatic heterocycles. The summed E-state index contributed by atoms with van der Waals surface area (Å²) in [6, 6.07) is 14.5. The van der Waals surface area contributed by atoms with E-state index in [0.717, 1.165) is 46.7 Å². The quantitative estimate of drug-likeness (QED) is 0.567. The van der Waals surface area contributed by atoms with E-state index in [4.69, 9.17) is 0 Å². The van der Waals surface area contributed by atoms with E-state index in [1.54, 1.807) is 6.07 Å². The van der Waals surface area contributed by atoms with Gasteiger partial charge in [-0.25, -0.2) is 5.06 Å². The van der Waals surface area contributed by atoms with E-state index >= 15 is 0 Å². The summed E-state index contributed by atoms with van der Waals surface area (Å²) in [6.45, 7) is 1.75. The van der Waals surface area contributed by atoms with Crippen molar-refractivity contribution >= 4 is 11.7 Å². The highest BCUT2D eigenvalue weighted by Crippen LogP contribution is 2.25. The first-order chi connectivity index (χ1) is 14.5. The van der Waals surface area contributed by atoms with Crippen molar-refractivity contribution in [1.82, 2.24) is 9.96 Å². The molecule has 0 spiro atoms. The first-order valence-corrected chi connectivity index (χ1v) is 10.6. The number of aliphatic hydroxyl groups excluding tert-OH is 1. The topological polar surface area (TPSA) is 81.1 Å². The maximum absolute atomic E-state index is 12.9. The number of β-amino-alcohol motifs (C(OH)–C–C–N with tert-alkyl or cyclic N) is 1. The van der Waals surface area contributed by atoms with Gasteiger partial charge in [-0.3, -0.25) is 19.7 Å². The Hall–Kier alpha value is -2.54. The van der Waals surface area contributed by atoms with Crippen LogP contribution in [0.2, 0.25) is 0 Å². The Morgan fingerprint density at radius 3 is 2.70 bits per heavy atom. The molecule has 4 rings (SSSR count). The number of aryl methyl sites for hydroxylation is 1. The maximum Gasteiger partial charge on any atom is 0.250 e. The molecule has 2 aliphatic rings. The number of Topliss-reactive ketones (excluding diaryl/α,β-unsaturated/α-hetero) is 1. The molecule has 0 unspecified atom stereocenters. The SMILES string of the molecule is O=C1CCCc2cc(CC(=O)N(O)[C@H](CN3CC[C@H](O)C3)c3ccccc3)ccc21. The molecule has 2 aromatic rings. The molecule has 1 fully saturated rings. The number of hydrogen-bond acceptors (Lipinski definition) is 5. The third kappa shape index (κ3) is 4.61. The number of nitrogens with zero attached hydrogens (tertiary/aromatic N) is 2. The molecule has 6 heteroatoms. The van der Waals surface area contributed by atoms with Gasteiger partial charge < -0.3 is 5.11 Å². The van der Waals surface area contributed by atoms with Crippen LogP contribution < -0.4 is 0 Å². The van der Waals surface area contributed by atoms with E-state index in [0.29, 0.717) is 25.9 Å². The first-order valence-electron chi connectivity index (χ1n) is 10.6. The summed E-state index contributed by atoms with van der Waals surface area (Å²) >= 11 is 0. The van der Waals surface area contributed by atoms with Gasteiger partial charge in [0, 0.05) is 31.6 Å². The summed E-state index contributed by atoms with van der Waals surface area (Å²) in [5.41, 5.74) is 3.40.